The molecule has 1 N–H and O–H groups in total. The first-order valence-electron chi connectivity index (χ1n) is 11.8. The van der Waals surface area contributed by atoms with Gasteiger partial charge < -0.3 is 10.2 Å². The highest BCUT2D eigenvalue weighted by molar-refractivity contribution is 6.36. The molecule has 4 nitrogen and oxygen atoms in total. The van der Waals surface area contributed by atoms with Gasteiger partial charge in [-0.05, 0) is 36.1 Å². The van der Waals surface area contributed by atoms with E-state index in [4.69, 9.17) is 23.2 Å². The van der Waals surface area contributed by atoms with Crippen LogP contribution in [0.15, 0.2) is 72.8 Å². The molecule has 0 saturated heterocycles. The van der Waals surface area contributed by atoms with Gasteiger partial charge in [0, 0.05) is 35.1 Å². The van der Waals surface area contributed by atoms with Crippen molar-refractivity contribution in [2.75, 3.05) is 6.54 Å². The number of halogens is 2. The highest BCUT2D eigenvalue weighted by Gasteiger charge is 2.31. The van der Waals surface area contributed by atoms with E-state index in [0.29, 0.717) is 28.6 Å². The topological polar surface area (TPSA) is 49.4 Å². The summed E-state index contributed by atoms with van der Waals surface area (Å²) in [5.74, 6) is -0.0699. The molecule has 0 aliphatic heterocycles. The van der Waals surface area contributed by atoms with Gasteiger partial charge in [0.1, 0.15) is 6.04 Å². The fourth-order valence-electron chi connectivity index (χ4n) is 3.81. The van der Waals surface area contributed by atoms with Crippen LogP contribution in [0.2, 0.25) is 10.0 Å². The maximum Gasteiger partial charge on any atom is 0.243 e. The van der Waals surface area contributed by atoms with Crippen LogP contribution in [0.25, 0.3) is 0 Å². The Balaban J connectivity index is 2.00. The van der Waals surface area contributed by atoms with Gasteiger partial charge in [-0.3, -0.25) is 9.59 Å². The van der Waals surface area contributed by atoms with E-state index in [-0.39, 0.29) is 30.7 Å². The average Bonchev–Trinajstić information content (AvgIpc) is 2.83. The molecule has 3 aromatic carbocycles. The zero-order valence-electron chi connectivity index (χ0n) is 20.4. The first kappa shape index (κ1) is 26.8. The zero-order chi connectivity index (χ0) is 25.4. The number of hydrogen-bond acceptors (Lipinski definition) is 2. The van der Waals surface area contributed by atoms with Gasteiger partial charge in [-0.15, -0.1) is 0 Å². The molecule has 0 aliphatic carbocycles. The molecule has 0 fully saturated rings. The predicted molar refractivity (Wildman–Crippen MR) is 144 cm³/mol. The van der Waals surface area contributed by atoms with Gasteiger partial charge in [0.2, 0.25) is 11.8 Å². The van der Waals surface area contributed by atoms with Crippen LogP contribution in [0.4, 0.5) is 0 Å². The van der Waals surface area contributed by atoms with Gasteiger partial charge in [0.05, 0.1) is 6.42 Å². The van der Waals surface area contributed by atoms with Crippen molar-refractivity contribution in [2.45, 2.75) is 46.2 Å². The fourth-order valence-corrected chi connectivity index (χ4v) is 4.33. The Morgan fingerprint density at radius 1 is 0.857 bits per heavy atom. The van der Waals surface area contributed by atoms with E-state index in [1.54, 1.807) is 23.1 Å². The third-order valence-electron chi connectivity index (χ3n) is 5.82. The van der Waals surface area contributed by atoms with Crippen molar-refractivity contribution < 1.29 is 9.59 Å². The largest absolute Gasteiger partial charge is 0.354 e. The summed E-state index contributed by atoms with van der Waals surface area (Å²) >= 11 is 13.0. The van der Waals surface area contributed by atoms with E-state index >= 15 is 0 Å². The van der Waals surface area contributed by atoms with Gasteiger partial charge in [-0.1, -0.05) is 103 Å². The Morgan fingerprint density at radius 3 is 2.09 bits per heavy atom. The Kier molecular flexibility index (Phi) is 9.76. The normalized spacial score (nSPS) is 11.8. The third kappa shape index (κ3) is 7.84. The van der Waals surface area contributed by atoms with Crippen LogP contribution in [0.1, 0.15) is 36.1 Å². The molecular weight excluding hydrogens is 479 g/mol. The smallest absolute Gasteiger partial charge is 0.243 e. The van der Waals surface area contributed by atoms with Crippen LogP contribution in [0.5, 0.6) is 0 Å². The molecule has 184 valence electrons. The number of hydrogen-bond donors (Lipinski definition) is 1. The van der Waals surface area contributed by atoms with Gasteiger partial charge in [0.25, 0.3) is 0 Å². The molecule has 1 atom stereocenters. The van der Waals surface area contributed by atoms with Gasteiger partial charge >= 0.3 is 0 Å². The molecule has 0 aliphatic rings. The molecule has 3 rings (SSSR count). The number of nitrogens with one attached hydrogen (secondary N) is 1. The first-order chi connectivity index (χ1) is 16.7. The van der Waals surface area contributed by atoms with E-state index in [0.717, 1.165) is 16.7 Å². The number of nitrogens with zero attached hydrogens (tertiary/aromatic N) is 1. The highest BCUT2D eigenvalue weighted by Crippen LogP contribution is 2.27. The van der Waals surface area contributed by atoms with Gasteiger partial charge in [-0.25, -0.2) is 0 Å². The number of carbonyl (C=O) groups is 2. The standard InChI is InChI=1S/C29H32Cl2N2O2/c1-20(2)18-32-29(35)27(16-22-8-5-4-6-9-22)33(19-24-25(30)10-7-11-26(24)31)28(34)17-23-14-12-21(3)13-15-23/h4-15,20,27H,16-19H2,1-3H3,(H,32,35). The number of carbonyl (C=O) groups excluding carboxylic acids is 2. The Bertz CT molecular complexity index is 1110. The third-order valence-corrected chi connectivity index (χ3v) is 6.53. The second-order valence-electron chi connectivity index (χ2n) is 9.23. The van der Waals surface area contributed by atoms with Crippen molar-refractivity contribution in [2.24, 2.45) is 5.92 Å². The fraction of sp³-hybridized carbons (Fsp3) is 0.310. The summed E-state index contributed by atoms with van der Waals surface area (Å²) in [6.07, 6.45) is 0.553. The minimum absolute atomic E-state index is 0.135. The Labute approximate surface area is 218 Å². The number of amides is 2. The van der Waals surface area contributed by atoms with E-state index in [1.807, 2.05) is 75.4 Å². The van der Waals surface area contributed by atoms with Crippen LogP contribution in [-0.4, -0.2) is 29.3 Å². The summed E-state index contributed by atoms with van der Waals surface area (Å²) in [7, 11) is 0. The van der Waals surface area contributed by atoms with Crippen LogP contribution in [0.3, 0.4) is 0 Å². The van der Waals surface area contributed by atoms with Crippen molar-refractivity contribution in [3.05, 3.63) is 105 Å². The average molecular weight is 511 g/mol. The molecule has 35 heavy (non-hydrogen) atoms. The molecule has 0 spiro atoms. The molecule has 1 unspecified atom stereocenters. The minimum atomic E-state index is -0.721. The summed E-state index contributed by atoms with van der Waals surface area (Å²) in [5, 5.41) is 3.95. The quantitative estimate of drug-likeness (QED) is 0.350. The van der Waals surface area contributed by atoms with E-state index < -0.39 is 6.04 Å². The van der Waals surface area contributed by atoms with Crippen molar-refractivity contribution in [3.63, 3.8) is 0 Å². The van der Waals surface area contributed by atoms with Crippen LogP contribution >= 0.6 is 23.2 Å². The predicted octanol–water partition coefficient (Wildman–Crippen LogP) is 6.26. The molecule has 0 heterocycles. The Hall–Kier alpha value is -2.82. The second-order valence-corrected chi connectivity index (χ2v) is 10.0. The molecule has 0 aromatic heterocycles. The molecule has 0 saturated carbocycles. The lowest BCUT2D eigenvalue weighted by Crippen LogP contribution is -2.51. The number of aryl methyl sites for hydroxylation is 1. The summed E-state index contributed by atoms with van der Waals surface area (Å²) < 4.78 is 0. The SMILES string of the molecule is Cc1ccc(CC(=O)N(Cc2c(Cl)cccc2Cl)C(Cc2ccccc2)C(=O)NCC(C)C)cc1. The van der Waals surface area contributed by atoms with E-state index in [2.05, 4.69) is 5.32 Å². The second kappa shape index (κ2) is 12.8. The lowest BCUT2D eigenvalue weighted by molar-refractivity contribution is -0.140. The highest BCUT2D eigenvalue weighted by atomic mass is 35.5. The first-order valence-corrected chi connectivity index (χ1v) is 12.6. The van der Waals surface area contributed by atoms with Crippen LogP contribution in [0, 0.1) is 12.8 Å². The number of rotatable bonds is 10. The van der Waals surface area contributed by atoms with Crippen molar-refractivity contribution in [1.29, 1.82) is 0 Å². The monoisotopic (exact) mass is 510 g/mol. The summed E-state index contributed by atoms with van der Waals surface area (Å²) in [6, 6.07) is 22.1. The van der Waals surface area contributed by atoms with Crippen molar-refractivity contribution in [3.8, 4) is 0 Å². The lowest BCUT2D eigenvalue weighted by Gasteiger charge is -2.32. The van der Waals surface area contributed by atoms with Crippen molar-refractivity contribution >= 4 is 35.0 Å². The molecular formula is C29H32Cl2N2O2. The summed E-state index contributed by atoms with van der Waals surface area (Å²) in [5.41, 5.74) is 3.60. The molecule has 6 heteroatoms. The minimum Gasteiger partial charge on any atom is -0.354 e. The zero-order valence-corrected chi connectivity index (χ0v) is 21.9. The van der Waals surface area contributed by atoms with E-state index in [9.17, 15) is 9.59 Å². The van der Waals surface area contributed by atoms with Crippen molar-refractivity contribution in [1.82, 2.24) is 10.2 Å². The maximum atomic E-state index is 13.8. The molecule has 0 radical (unpaired) electrons. The summed E-state index contributed by atoms with van der Waals surface area (Å²) in [4.78, 5) is 28.9. The van der Waals surface area contributed by atoms with Gasteiger partial charge in [0.15, 0.2) is 0 Å². The number of benzene rings is 3. The molecule has 0 bridgehead atoms. The van der Waals surface area contributed by atoms with Crippen LogP contribution < -0.4 is 5.32 Å². The Morgan fingerprint density at radius 2 is 1.49 bits per heavy atom. The molecule has 2 amide bonds. The summed E-state index contributed by atoms with van der Waals surface area (Å²) in [6.45, 7) is 6.74. The molecule has 3 aromatic rings. The van der Waals surface area contributed by atoms with E-state index in [1.165, 1.54) is 0 Å². The van der Waals surface area contributed by atoms with Gasteiger partial charge in [-0.2, -0.15) is 0 Å². The maximum absolute atomic E-state index is 13.8. The lowest BCUT2D eigenvalue weighted by atomic mass is 10.0. The van der Waals surface area contributed by atoms with Crippen LogP contribution in [-0.2, 0) is 29.0 Å².